The van der Waals surface area contributed by atoms with E-state index in [1.165, 1.54) is 6.92 Å². The minimum absolute atomic E-state index is 0.0941. The Morgan fingerprint density at radius 3 is 2.00 bits per heavy atom. The molecule has 1 aromatic rings. The summed E-state index contributed by atoms with van der Waals surface area (Å²) in [6.45, 7) is 5.05. The summed E-state index contributed by atoms with van der Waals surface area (Å²) >= 11 is 0. The lowest BCUT2D eigenvalue weighted by atomic mass is 10.0. The molecule has 0 saturated heterocycles. The minimum atomic E-state index is -1.18. The van der Waals surface area contributed by atoms with E-state index >= 15 is 0 Å². The van der Waals surface area contributed by atoms with Crippen LogP contribution in [0.15, 0.2) is 35.3 Å². The highest BCUT2D eigenvalue weighted by Gasteiger charge is 2.31. The number of aliphatic carboxylic acids is 1. The topological polar surface area (TPSA) is 215 Å². The number of aliphatic imine (C=N–C) groups is 1. The number of nitrogens with zero attached hydrogens (tertiary/aromatic N) is 1. The van der Waals surface area contributed by atoms with E-state index in [-0.39, 0.29) is 31.3 Å². The Morgan fingerprint density at radius 1 is 0.914 bits per heavy atom. The zero-order valence-electron chi connectivity index (χ0n) is 20.4. The summed E-state index contributed by atoms with van der Waals surface area (Å²) in [7, 11) is 0. The van der Waals surface area contributed by atoms with Gasteiger partial charge in [-0.2, -0.15) is 0 Å². The molecule has 4 atom stereocenters. The van der Waals surface area contributed by atoms with Crippen molar-refractivity contribution in [2.75, 3.05) is 6.54 Å². The van der Waals surface area contributed by atoms with E-state index in [4.69, 9.17) is 17.2 Å². The highest BCUT2D eigenvalue weighted by molar-refractivity contribution is 5.94. The van der Waals surface area contributed by atoms with Crippen LogP contribution in [0.3, 0.4) is 0 Å². The van der Waals surface area contributed by atoms with Crippen molar-refractivity contribution >= 4 is 29.7 Å². The third-order valence-corrected chi connectivity index (χ3v) is 5.14. The number of hydrogen-bond donors (Lipinski definition) is 7. The highest BCUT2D eigenvalue weighted by atomic mass is 16.4. The third kappa shape index (κ3) is 10.9. The summed E-state index contributed by atoms with van der Waals surface area (Å²) in [5.74, 6) is -3.46. The first-order chi connectivity index (χ1) is 16.4. The van der Waals surface area contributed by atoms with Crippen molar-refractivity contribution < 1.29 is 24.3 Å². The van der Waals surface area contributed by atoms with Crippen LogP contribution in [-0.4, -0.2) is 65.5 Å². The first kappa shape index (κ1) is 29.4. The molecule has 0 fully saturated rings. The fourth-order valence-corrected chi connectivity index (χ4v) is 3.17. The maximum absolute atomic E-state index is 13.1. The number of nitrogens with two attached hydrogens (primary N) is 3. The lowest BCUT2D eigenvalue weighted by Gasteiger charge is -2.26. The standard InChI is InChI=1S/C23H37N7O5/c1-13(2)18(22(34)35)30-21(33)17(12-15-8-5-4-6-9-15)29-20(32)16(28-19(31)14(3)24)10-7-11-27-23(25)26/h4-6,8-9,13-14,16-18H,7,10-12,24H2,1-3H3,(H,28,31)(H,29,32)(H,30,33)(H,34,35)(H4,25,26,27). The molecule has 0 saturated carbocycles. The molecule has 0 heterocycles. The van der Waals surface area contributed by atoms with Crippen LogP contribution in [0.5, 0.6) is 0 Å². The van der Waals surface area contributed by atoms with Crippen LogP contribution in [0.25, 0.3) is 0 Å². The van der Waals surface area contributed by atoms with E-state index in [0.29, 0.717) is 6.42 Å². The molecule has 35 heavy (non-hydrogen) atoms. The second kappa shape index (κ2) is 14.6. The quantitative estimate of drug-likeness (QED) is 0.0953. The van der Waals surface area contributed by atoms with Gasteiger partial charge in [-0.3, -0.25) is 19.4 Å². The van der Waals surface area contributed by atoms with Crippen molar-refractivity contribution in [3.63, 3.8) is 0 Å². The van der Waals surface area contributed by atoms with Gasteiger partial charge in [-0.1, -0.05) is 44.2 Å². The van der Waals surface area contributed by atoms with Crippen LogP contribution in [0.1, 0.15) is 39.2 Å². The lowest BCUT2D eigenvalue weighted by molar-refractivity contribution is -0.143. The summed E-state index contributed by atoms with van der Waals surface area (Å²) in [5, 5.41) is 17.2. The summed E-state index contributed by atoms with van der Waals surface area (Å²) < 4.78 is 0. The number of rotatable bonds is 14. The first-order valence-corrected chi connectivity index (χ1v) is 11.4. The Labute approximate surface area is 205 Å². The van der Waals surface area contributed by atoms with Crippen molar-refractivity contribution in [3.05, 3.63) is 35.9 Å². The molecule has 0 aliphatic carbocycles. The number of amides is 3. The van der Waals surface area contributed by atoms with Gasteiger partial charge in [-0.05, 0) is 31.2 Å². The number of carbonyl (C=O) groups is 4. The van der Waals surface area contributed by atoms with Gasteiger partial charge in [0, 0.05) is 13.0 Å². The Kier molecular flexibility index (Phi) is 12.2. The van der Waals surface area contributed by atoms with Crippen molar-refractivity contribution in [1.82, 2.24) is 16.0 Å². The predicted molar refractivity (Wildman–Crippen MR) is 132 cm³/mol. The Bertz CT molecular complexity index is 886. The number of hydrogen-bond acceptors (Lipinski definition) is 6. The SMILES string of the molecule is CC(N)C(=O)NC(CCCN=C(N)N)C(=O)NC(Cc1ccccc1)C(=O)NC(C(=O)O)C(C)C. The minimum Gasteiger partial charge on any atom is -0.480 e. The van der Waals surface area contributed by atoms with Crippen molar-refractivity contribution in [2.24, 2.45) is 28.1 Å². The van der Waals surface area contributed by atoms with Crippen molar-refractivity contribution in [2.45, 2.75) is 64.2 Å². The van der Waals surface area contributed by atoms with E-state index < -0.39 is 47.9 Å². The normalized spacial score (nSPS) is 14.2. The largest absolute Gasteiger partial charge is 0.480 e. The maximum atomic E-state index is 13.1. The molecule has 194 valence electrons. The number of carboxylic acids is 1. The molecule has 0 aromatic heterocycles. The van der Waals surface area contributed by atoms with E-state index in [9.17, 15) is 24.3 Å². The number of nitrogens with one attached hydrogen (secondary N) is 3. The van der Waals surface area contributed by atoms with Gasteiger partial charge in [0.2, 0.25) is 17.7 Å². The van der Waals surface area contributed by atoms with Crippen LogP contribution in [-0.2, 0) is 25.6 Å². The highest BCUT2D eigenvalue weighted by Crippen LogP contribution is 2.08. The molecule has 0 bridgehead atoms. The molecule has 3 amide bonds. The molecule has 0 spiro atoms. The van der Waals surface area contributed by atoms with E-state index in [2.05, 4.69) is 20.9 Å². The predicted octanol–water partition coefficient (Wildman–Crippen LogP) is -1.18. The van der Waals surface area contributed by atoms with Crippen molar-refractivity contribution in [3.8, 4) is 0 Å². The first-order valence-electron chi connectivity index (χ1n) is 11.4. The van der Waals surface area contributed by atoms with Crippen LogP contribution >= 0.6 is 0 Å². The fraction of sp³-hybridized carbons (Fsp3) is 0.522. The molecule has 12 nitrogen and oxygen atoms in total. The molecule has 1 rings (SSSR count). The molecule has 0 aliphatic heterocycles. The van der Waals surface area contributed by atoms with Gasteiger partial charge in [0.15, 0.2) is 5.96 Å². The smallest absolute Gasteiger partial charge is 0.326 e. The van der Waals surface area contributed by atoms with Gasteiger partial charge in [0.05, 0.1) is 6.04 Å². The molecule has 0 aliphatic rings. The molecule has 1 aromatic carbocycles. The van der Waals surface area contributed by atoms with Gasteiger partial charge < -0.3 is 38.3 Å². The Hall–Kier alpha value is -3.67. The second-order valence-electron chi connectivity index (χ2n) is 8.62. The Morgan fingerprint density at radius 2 is 1.49 bits per heavy atom. The number of carbonyl (C=O) groups excluding carboxylic acids is 3. The molecular formula is C23H37N7O5. The zero-order valence-corrected chi connectivity index (χ0v) is 20.4. The van der Waals surface area contributed by atoms with Crippen LogP contribution in [0.2, 0.25) is 0 Å². The summed E-state index contributed by atoms with van der Waals surface area (Å²) in [4.78, 5) is 53.8. The van der Waals surface area contributed by atoms with Crippen LogP contribution in [0, 0.1) is 5.92 Å². The second-order valence-corrected chi connectivity index (χ2v) is 8.62. The zero-order chi connectivity index (χ0) is 26.5. The van der Waals surface area contributed by atoms with Gasteiger partial charge in [-0.25, -0.2) is 4.79 Å². The van der Waals surface area contributed by atoms with Crippen molar-refractivity contribution in [1.29, 1.82) is 0 Å². The average molecular weight is 492 g/mol. The molecule has 12 heteroatoms. The van der Waals surface area contributed by atoms with Gasteiger partial charge >= 0.3 is 5.97 Å². The molecule has 4 unspecified atom stereocenters. The van der Waals surface area contributed by atoms with Gasteiger partial charge in [0.1, 0.15) is 18.1 Å². The van der Waals surface area contributed by atoms with E-state index in [0.717, 1.165) is 5.56 Å². The summed E-state index contributed by atoms with van der Waals surface area (Å²) in [6.07, 6.45) is 0.675. The number of benzene rings is 1. The van der Waals surface area contributed by atoms with Gasteiger partial charge in [-0.15, -0.1) is 0 Å². The Balaban J connectivity index is 3.10. The third-order valence-electron chi connectivity index (χ3n) is 5.14. The molecule has 0 radical (unpaired) electrons. The number of guanidine groups is 1. The van der Waals surface area contributed by atoms with Gasteiger partial charge in [0.25, 0.3) is 0 Å². The summed E-state index contributed by atoms with van der Waals surface area (Å²) in [6, 6.07) is 4.88. The van der Waals surface area contributed by atoms with Crippen LogP contribution < -0.4 is 33.2 Å². The van der Waals surface area contributed by atoms with E-state index in [1.54, 1.807) is 38.1 Å². The lowest BCUT2D eigenvalue weighted by Crippen LogP contribution is -2.58. The van der Waals surface area contributed by atoms with Crippen LogP contribution in [0.4, 0.5) is 0 Å². The monoisotopic (exact) mass is 491 g/mol. The fourth-order valence-electron chi connectivity index (χ4n) is 3.17. The summed E-state index contributed by atoms with van der Waals surface area (Å²) in [5.41, 5.74) is 17.0. The average Bonchev–Trinajstić information content (AvgIpc) is 2.78. The molecular weight excluding hydrogens is 454 g/mol. The number of carboxylic acid groups (broad SMARTS) is 1. The molecule has 10 N–H and O–H groups in total. The maximum Gasteiger partial charge on any atom is 0.326 e. The van der Waals surface area contributed by atoms with E-state index in [1.807, 2.05) is 6.07 Å².